The molecule has 0 aliphatic heterocycles. The summed E-state index contributed by atoms with van der Waals surface area (Å²) in [5, 5.41) is 8.77. The van der Waals surface area contributed by atoms with E-state index < -0.39 is 5.97 Å². The van der Waals surface area contributed by atoms with Gasteiger partial charge in [-0.05, 0) is 19.9 Å². The lowest BCUT2D eigenvalue weighted by molar-refractivity contribution is 0.0659. The number of furan rings is 1. The summed E-state index contributed by atoms with van der Waals surface area (Å²) in [6, 6.07) is 1.91. The highest BCUT2D eigenvalue weighted by Crippen LogP contribution is 2.19. The largest absolute Gasteiger partial charge is 0.475 e. The van der Waals surface area contributed by atoms with Gasteiger partial charge in [-0.15, -0.1) is 0 Å². The summed E-state index contributed by atoms with van der Waals surface area (Å²) in [5.41, 5.74) is 6.26. The van der Waals surface area contributed by atoms with Gasteiger partial charge in [-0.2, -0.15) is 11.8 Å². The van der Waals surface area contributed by atoms with E-state index >= 15 is 0 Å². The van der Waals surface area contributed by atoms with Gasteiger partial charge in [0.25, 0.3) is 0 Å². The number of hydrogen-bond acceptors (Lipinski definition) is 4. The van der Waals surface area contributed by atoms with Gasteiger partial charge in [0.05, 0.1) is 5.75 Å². The molecule has 1 unspecified atom stereocenters. The molecule has 1 atom stereocenters. The van der Waals surface area contributed by atoms with Crippen molar-refractivity contribution in [3.63, 3.8) is 0 Å². The molecular weight excluding hydrogens is 214 g/mol. The van der Waals surface area contributed by atoms with Crippen LogP contribution >= 0.6 is 11.8 Å². The molecule has 0 fully saturated rings. The molecule has 0 amide bonds. The van der Waals surface area contributed by atoms with Crippen molar-refractivity contribution in [3.8, 4) is 0 Å². The van der Waals surface area contributed by atoms with Crippen molar-refractivity contribution in [2.75, 3.05) is 5.75 Å². The fourth-order valence-electron chi connectivity index (χ4n) is 1.18. The van der Waals surface area contributed by atoms with Gasteiger partial charge < -0.3 is 15.3 Å². The topological polar surface area (TPSA) is 76.5 Å². The molecular formula is C10H15NO3S. The highest BCUT2D eigenvalue weighted by atomic mass is 32.2. The zero-order valence-corrected chi connectivity index (χ0v) is 9.63. The Balaban J connectivity index is 2.56. The molecule has 0 aromatic carbocycles. The van der Waals surface area contributed by atoms with Crippen molar-refractivity contribution < 1.29 is 14.3 Å². The van der Waals surface area contributed by atoms with Crippen molar-refractivity contribution in [2.24, 2.45) is 5.73 Å². The maximum absolute atomic E-state index is 10.7. The van der Waals surface area contributed by atoms with Gasteiger partial charge in [0.15, 0.2) is 0 Å². The summed E-state index contributed by atoms with van der Waals surface area (Å²) in [6.45, 7) is 3.66. The third kappa shape index (κ3) is 3.60. The molecule has 15 heavy (non-hydrogen) atoms. The molecule has 1 heterocycles. The molecule has 5 heteroatoms. The number of hydrogen-bond donors (Lipinski definition) is 2. The second-order valence-electron chi connectivity index (χ2n) is 3.52. The molecule has 1 aromatic heterocycles. The summed E-state index contributed by atoms with van der Waals surface area (Å²) < 4.78 is 5.20. The van der Waals surface area contributed by atoms with Crippen LogP contribution in [0.5, 0.6) is 0 Å². The third-order valence-corrected chi connectivity index (χ3v) is 3.04. The first-order chi connectivity index (χ1) is 7.00. The predicted octanol–water partition coefficient (Wildman–Crippen LogP) is 1.87. The van der Waals surface area contributed by atoms with Gasteiger partial charge >= 0.3 is 5.97 Å². The van der Waals surface area contributed by atoms with Gasteiger partial charge in [-0.1, -0.05) is 0 Å². The lowest BCUT2D eigenvalue weighted by Crippen LogP contribution is -2.17. The Labute approximate surface area is 92.8 Å². The summed E-state index contributed by atoms with van der Waals surface area (Å²) in [6.07, 6.45) is 0. The lowest BCUT2D eigenvalue weighted by atomic mass is 10.3. The van der Waals surface area contributed by atoms with Crippen molar-refractivity contribution >= 4 is 17.7 Å². The Morgan fingerprint density at radius 2 is 2.40 bits per heavy atom. The minimum atomic E-state index is -1.02. The monoisotopic (exact) mass is 229 g/mol. The van der Waals surface area contributed by atoms with Crippen molar-refractivity contribution in [3.05, 3.63) is 23.2 Å². The Hall–Kier alpha value is -0.940. The molecule has 4 nitrogen and oxygen atoms in total. The zero-order valence-electron chi connectivity index (χ0n) is 8.82. The highest BCUT2D eigenvalue weighted by Gasteiger charge is 2.13. The van der Waals surface area contributed by atoms with E-state index in [0.717, 1.165) is 5.75 Å². The van der Waals surface area contributed by atoms with Crippen LogP contribution in [0.4, 0.5) is 0 Å². The van der Waals surface area contributed by atoms with Crippen LogP contribution in [0, 0.1) is 6.92 Å². The average Bonchev–Trinajstić information content (AvgIpc) is 2.46. The second-order valence-corrected chi connectivity index (χ2v) is 4.55. The fourth-order valence-corrected chi connectivity index (χ4v) is 2.01. The van der Waals surface area contributed by atoms with E-state index in [2.05, 4.69) is 0 Å². The van der Waals surface area contributed by atoms with Crippen LogP contribution < -0.4 is 5.73 Å². The van der Waals surface area contributed by atoms with E-state index in [9.17, 15) is 4.79 Å². The number of rotatable bonds is 5. The van der Waals surface area contributed by atoms with Crippen LogP contribution in [0.15, 0.2) is 10.5 Å². The van der Waals surface area contributed by atoms with Crippen LogP contribution in [-0.4, -0.2) is 22.9 Å². The summed E-state index contributed by atoms with van der Waals surface area (Å²) in [4.78, 5) is 10.7. The van der Waals surface area contributed by atoms with E-state index in [0.29, 0.717) is 17.1 Å². The van der Waals surface area contributed by atoms with E-state index in [1.807, 2.05) is 6.92 Å². The molecule has 0 aliphatic rings. The molecule has 1 aromatic rings. The fraction of sp³-hybridized carbons (Fsp3) is 0.500. The molecule has 0 bridgehead atoms. The zero-order chi connectivity index (χ0) is 11.4. The number of aromatic carboxylic acids is 1. The Kier molecular flexibility index (Phi) is 4.23. The van der Waals surface area contributed by atoms with Crippen molar-refractivity contribution in [1.82, 2.24) is 0 Å². The molecule has 0 aliphatic carbocycles. The number of carboxylic acid groups (broad SMARTS) is 1. The maximum atomic E-state index is 10.7. The maximum Gasteiger partial charge on any atom is 0.372 e. The van der Waals surface area contributed by atoms with Crippen LogP contribution in [0.1, 0.15) is 28.8 Å². The molecule has 0 radical (unpaired) electrons. The van der Waals surface area contributed by atoms with Gasteiger partial charge in [0.1, 0.15) is 5.76 Å². The van der Waals surface area contributed by atoms with E-state index in [1.165, 1.54) is 0 Å². The molecule has 1 rings (SSSR count). The van der Waals surface area contributed by atoms with Crippen LogP contribution in [0.2, 0.25) is 0 Å². The third-order valence-electron chi connectivity index (χ3n) is 1.79. The van der Waals surface area contributed by atoms with Gasteiger partial charge in [-0.25, -0.2) is 4.79 Å². The van der Waals surface area contributed by atoms with Crippen molar-refractivity contribution in [2.45, 2.75) is 25.6 Å². The summed E-state index contributed by atoms with van der Waals surface area (Å²) in [7, 11) is 0. The van der Waals surface area contributed by atoms with E-state index in [1.54, 1.807) is 24.8 Å². The van der Waals surface area contributed by atoms with Gasteiger partial charge in [-0.3, -0.25) is 0 Å². The normalized spacial score (nSPS) is 12.7. The van der Waals surface area contributed by atoms with Gasteiger partial charge in [0, 0.05) is 17.4 Å². The standard InChI is InChI=1S/C10H15NO3S/c1-6-3-8(5-15-4-7(2)11)14-9(6)10(12)13/h3,7H,4-5,11H2,1-2H3,(H,12,13). The van der Waals surface area contributed by atoms with E-state index in [4.69, 9.17) is 15.3 Å². The molecule has 3 N–H and O–H groups in total. The highest BCUT2D eigenvalue weighted by molar-refractivity contribution is 7.98. The quantitative estimate of drug-likeness (QED) is 0.806. The molecule has 0 saturated heterocycles. The first-order valence-electron chi connectivity index (χ1n) is 4.66. The predicted molar refractivity (Wildman–Crippen MR) is 60.2 cm³/mol. The first kappa shape index (κ1) is 12.1. The second kappa shape index (κ2) is 5.23. The van der Waals surface area contributed by atoms with Gasteiger partial charge in [0.2, 0.25) is 5.76 Å². The summed E-state index contributed by atoms with van der Waals surface area (Å²) in [5.74, 6) is 1.20. The Morgan fingerprint density at radius 1 is 1.73 bits per heavy atom. The average molecular weight is 229 g/mol. The Morgan fingerprint density at radius 3 is 2.87 bits per heavy atom. The number of carboxylic acids is 1. The van der Waals surface area contributed by atoms with Crippen LogP contribution in [0.3, 0.4) is 0 Å². The number of aryl methyl sites for hydroxylation is 1. The number of nitrogens with two attached hydrogens (primary N) is 1. The first-order valence-corrected chi connectivity index (χ1v) is 5.82. The van der Waals surface area contributed by atoms with Crippen LogP contribution in [0.25, 0.3) is 0 Å². The minimum absolute atomic E-state index is 0.0337. The molecule has 84 valence electrons. The van der Waals surface area contributed by atoms with Crippen molar-refractivity contribution in [1.29, 1.82) is 0 Å². The molecule has 0 spiro atoms. The SMILES string of the molecule is Cc1cc(CSCC(C)N)oc1C(=O)O. The number of carbonyl (C=O) groups is 1. The lowest BCUT2D eigenvalue weighted by Gasteiger charge is -2.02. The van der Waals surface area contributed by atoms with Crippen LogP contribution in [-0.2, 0) is 5.75 Å². The Bertz CT molecular complexity index is 346. The molecule has 0 saturated carbocycles. The summed E-state index contributed by atoms with van der Waals surface area (Å²) >= 11 is 1.64. The minimum Gasteiger partial charge on any atom is -0.475 e. The smallest absolute Gasteiger partial charge is 0.372 e. The number of thioether (sulfide) groups is 1. The van der Waals surface area contributed by atoms with E-state index in [-0.39, 0.29) is 11.8 Å².